The number of nitro groups is 1. The molecule has 10 heteroatoms. The van der Waals surface area contributed by atoms with Gasteiger partial charge in [0.25, 0.3) is 11.6 Å². The van der Waals surface area contributed by atoms with Crippen LogP contribution < -0.4 is 15.1 Å². The number of nitrogens with one attached hydrogen (secondary N) is 1. The molecule has 5 rings (SSSR count). The first kappa shape index (κ1) is 21.4. The summed E-state index contributed by atoms with van der Waals surface area (Å²) in [7, 11) is 0. The second-order valence-corrected chi connectivity index (χ2v) is 9.09. The van der Waals surface area contributed by atoms with Crippen LogP contribution in [0.15, 0.2) is 42.5 Å². The molecule has 2 atom stereocenters. The molecule has 0 saturated carbocycles. The van der Waals surface area contributed by atoms with Crippen molar-refractivity contribution in [3.05, 3.63) is 63.2 Å². The zero-order chi connectivity index (χ0) is 23.3. The molecule has 1 spiro atoms. The van der Waals surface area contributed by atoms with Gasteiger partial charge < -0.3 is 4.90 Å². The van der Waals surface area contributed by atoms with E-state index in [2.05, 4.69) is 5.32 Å². The summed E-state index contributed by atoms with van der Waals surface area (Å²) in [6.07, 6.45) is 3.21. The number of fused-ring (bicyclic) bond motifs is 4. The molecule has 0 radical (unpaired) electrons. The average molecular weight is 469 g/mol. The molecule has 2 saturated heterocycles. The summed E-state index contributed by atoms with van der Waals surface area (Å²) in [6.45, 7) is 0.614. The minimum atomic E-state index is -1.59. The van der Waals surface area contributed by atoms with Gasteiger partial charge in [0.2, 0.25) is 5.91 Å². The Bertz CT molecular complexity index is 1200. The van der Waals surface area contributed by atoms with Gasteiger partial charge in [0.1, 0.15) is 0 Å². The van der Waals surface area contributed by atoms with Crippen molar-refractivity contribution >= 4 is 46.5 Å². The molecule has 3 heterocycles. The summed E-state index contributed by atoms with van der Waals surface area (Å²) in [6, 6.07) is 9.60. The van der Waals surface area contributed by atoms with Crippen LogP contribution in [0.4, 0.5) is 21.9 Å². The zero-order valence-electron chi connectivity index (χ0n) is 17.6. The number of anilines is 2. The Morgan fingerprint density at radius 2 is 1.91 bits per heavy atom. The number of urea groups is 1. The van der Waals surface area contributed by atoms with Crippen molar-refractivity contribution < 1.29 is 19.3 Å². The predicted molar refractivity (Wildman–Crippen MR) is 121 cm³/mol. The van der Waals surface area contributed by atoms with Gasteiger partial charge in [-0.2, -0.15) is 0 Å². The summed E-state index contributed by atoms with van der Waals surface area (Å²) < 4.78 is 0. The van der Waals surface area contributed by atoms with E-state index in [4.69, 9.17) is 11.6 Å². The van der Waals surface area contributed by atoms with Gasteiger partial charge in [-0.25, -0.2) is 9.69 Å². The third-order valence-corrected chi connectivity index (χ3v) is 7.09. The predicted octanol–water partition coefficient (Wildman–Crippen LogP) is 3.82. The third-order valence-electron chi connectivity index (χ3n) is 6.85. The topological polar surface area (TPSA) is 113 Å². The molecule has 3 aliphatic rings. The monoisotopic (exact) mass is 468 g/mol. The van der Waals surface area contributed by atoms with E-state index in [1.54, 1.807) is 24.3 Å². The number of nitrogens with zero attached hydrogens (tertiary/aromatic N) is 3. The van der Waals surface area contributed by atoms with Gasteiger partial charge in [0, 0.05) is 35.8 Å². The molecule has 0 aromatic heterocycles. The number of benzene rings is 2. The smallest absolute Gasteiger partial charge is 0.335 e. The van der Waals surface area contributed by atoms with Gasteiger partial charge in [0.15, 0.2) is 5.41 Å². The number of nitro benzene ring substituents is 1. The van der Waals surface area contributed by atoms with Gasteiger partial charge in [-0.15, -0.1) is 0 Å². The molecule has 0 bridgehead atoms. The number of hydrogen-bond donors (Lipinski definition) is 1. The molecule has 4 amide bonds. The van der Waals surface area contributed by atoms with E-state index in [-0.39, 0.29) is 17.8 Å². The first-order valence-corrected chi connectivity index (χ1v) is 11.2. The van der Waals surface area contributed by atoms with Crippen LogP contribution in [0.2, 0.25) is 5.02 Å². The highest BCUT2D eigenvalue weighted by molar-refractivity contribution is 6.33. The number of hydrogen-bond acceptors (Lipinski definition) is 6. The first-order valence-electron chi connectivity index (χ1n) is 10.8. The fraction of sp³-hybridized carbons (Fsp3) is 0.348. The van der Waals surface area contributed by atoms with Crippen LogP contribution in [-0.4, -0.2) is 35.4 Å². The number of halogens is 1. The molecule has 170 valence electrons. The van der Waals surface area contributed by atoms with Crippen molar-refractivity contribution in [1.82, 2.24) is 5.32 Å². The molecule has 3 aliphatic heterocycles. The highest BCUT2D eigenvalue weighted by Crippen LogP contribution is 2.48. The highest BCUT2D eigenvalue weighted by Gasteiger charge is 2.62. The number of rotatable bonds is 2. The maximum absolute atomic E-state index is 14.1. The van der Waals surface area contributed by atoms with E-state index >= 15 is 0 Å². The Kier molecular flexibility index (Phi) is 5.08. The quantitative estimate of drug-likeness (QED) is 0.407. The van der Waals surface area contributed by atoms with E-state index < -0.39 is 34.2 Å². The second-order valence-electron chi connectivity index (χ2n) is 8.66. The number of imide groups is 2. The Balaban J connectivity index is 1.69. The van der Waals surface area contributed by atoms with Gasteiger partial charge in [-0.1, -0.05) is 30.5 Å². The molecule has 0 aliphatic carbocycles. The minimum absolute atomic E-state index is 0.0276. The van der Waals surface area contributed by atoms with Crippen LogP contribution in [0.25, 0.3) is 0 Å². The zero-order valence-corrected chi connectivity index (χ0v) is 18.4. The second kappa shape index (κ2) is 7.84. The van der Waals surface area contributed by atoms with E-state index in [9.17, 15) is 24.5 Å². The lowest BCUT2D eigenvalue weighted by Crippen LogP contribution is -2.72. The van der Waals surface area contributed by atoms with Crippen molar-refractivity contribution in [2.75, 3.05) is 16.3 Å². The molecule has 0 unspecified atom stereocenters. The van der Waals surface area contributed by atoms with E-state index in [0.717, 1.165) is 29.8 Å². The summed E-state index contributed by atoms with van der Waals surface area (Å²) >= 11 is 6.10. The molecule has 2 aromatic carbocycles. The lowest BCUT2D eigenvalue weighted by atomic mass is 9.67. The summed E-state index contributed by atoms with van der Waals surface area (Å²) in [5.74, 6) is -1.29. The Morgan fingerprint density at radius 1 is 1.09 bits per heavy atom. The van der Waals surface area contributed by atoms with Crippen LogP contribution in [0.3, 0.4) is 0 Å². The first-order chi connectivity index (χ1) is 15.8. The van der Waals surface area contributed by atoms with E-state index in [1.165, 1.54) is 18.2 Å². The SMILES string of the molecule is O=C1NC(=O)[C@@]2(Cc3cc([N+](=O)[O-])ccc3N3CCCCC[C@@H]32)C(=O)N1c1cccc(Cl)c1. The third kappa shape index (κ3) is 3.26. The standard InChI is InChI=1S/C23H21ClN4O5/c24-15-5-4-6-16(12-15)27-21(30)23(20(29)25-22(27)31)13-14-11-17(28(32)33)8-9-18(14)26-10-3-1-2-7-19(23)26/h4-6,8-9,11-12,19H,1-3,7,10,13H2,(H,25,29,31)/t19-,23+/m1/s1. The number of amides is 4. The van der Waals surface area contributed by atoms with Crippen LogP contribution in [-0.2, 0) is 16.0 Å². The van der Waals surface area contributed by atoms with Crippen molar-refractivity contribution in [2.24, 2.45) is 5.41 Å². The Morgan fingerprint density at radius 3 is 2.67 bits per heavy atom. The molecule has 1 N–H and O–H groups in total. The fourth-order valence-electron chi connectivity index (χ4n) is 5.39. The average Bonchev–Trinajstić information content (AvgIpc) is 3.04. The summed E-state index contributed by atoms with van der Waals surface area (Å²) in [4.78, 5) is 54.3. The number of barbiturate groups is 1. The largest absolute Gasteiger partial charge is 0.367 e. The van der Waals surface area contributed by atoms with Crippen LogP contribution in [0.5, 0.6) is 0 Å². The van der Waals surface area contributed by atoms with Crippen molar-refractivity contribution in [1.29, 1.82) is 0 Å². The molecular weight excluding hydrogens is 448 g/mol. The lowest BCUT2D eigenvalue weighted by molar-refractivity contribution is -0.384. The van der Waals surface area contributed by atoms with Crippen molar-refractivity contribution in [2.45, 2.75) is 38.1 Å². The maximum Gasteiger partial charge on any atom is 0.335 e. The number of carbonyl (C=O) groups excluding carboxylic acids is 3. The van der Waals surface area contributed by atoms with Crippen LogP contribution in [0, 0.1) is 15.5 Å². The van der Waals surface area contributed by atoms with Crippen molar-refractivity contribution in [3.8, 4) is 0 Å². The Hall–Kier alpha value is -3.46. The molecular formula is C23H21ClN4O5. The van der Waals surface area contributed by atoms with E-state index in [0.29, 0.717) is 23.6 Å². The normalized spacial score (nSPS) is 24.8. The highest BCUT2D eigenvalue weighted by atomic mass is 35.5. The van der Waals surface area contributed by atoms with Gasteiger partial charge >= 0.3 is 6.03 Å². The summed E-state index contributed by atoms with van der Waals surface area (Å²) in [5.41, 5.74) is -0.0929. The number of non-ortho nitro benzene ring substituents is 1. The van der Waals surface area contributed by atoms with Crippen LogP contribution >= 0.6 is 11.6 Å². The van der Waals surface area contributed by atoms with E-state index in [1.807, 2.05) is 4.90 Å². The van der Waals surface area contributed by atoms with Crippen molar-refractivity contribution in [3.63, 3.8) is 0 Å². The van der Waals surface area contributed by atoms with Gasteiger partial charge in [0.05, 0.1) is 16.7 Å². The number of carbonyl (C=O) groups is 3. The maximum atomic E-state index is 14.1. The molecule has 2 fully saturated rings. The Labute approximate surface area is 194 Å². The molecule has 33 heavy (non-hydrogen) atoms. The minimum Gasteiger partial charge on any atom is -0.367 e. The summed E-state index contributed by atoms with van der Waals surface area (Å²) in [5, 5.41) is 14.1. The molecule has 2 aromatic rings. The molecule has 9 nitrogen and oxygen atoms in total. The van der Waals surface area contributed by atoms with Gasteiger partial charge in [-0.05, 0) is 42.7 Å². The fourth-order valence-corrected chi connectivity index (χ4v) is 5.57. The van der Waals surface area contributed by atoms with Gasteiger partial charge in [-0.3, -0.25) is 25.0 Å². The van der Waals surface area contributed by atoms with Crippen LogP contribution in [0.1, 0.15) is 31.2 Å². The lowest BCUT2D eigenvalue weighted by Gasteiger charge is -2.51.